The van der Waals surface area contributed by atoms with E-state index in [0.29, 0.717) is 5.92 Å². The summed E-state index contributed by atoms with van der Waals surface area (Å²) >= 11 is 0. The lowest BCUT2D eigenvalue weighted by Crippen LogP contribution is -2.23. The molecule has 1 heteroatoms. The average Bonchev–Trinajstić information content (AvgIpc) is 2.49. The van der Waals surface area contributed by atoms with Crippen molar-refractivity contribution in [2.24, 2.45) is 0 Å². The Bertz CT molecular complexity index is 402. The highest BCUT2D eigenvalue weighted by Gasteiger charge is 2.01. The highest BCUT2D eigenvalue weighted by molar-refractivity contribution is 5.45. The summed E-state index contributed by atoms with van der Waals surface area (Å²) in [4.78, 5) is 4.40. The molecule has 0 bridgehead atoms. The van der Waals surface area contributed by atoms with Crippen molar-refractivity contribution in [2.45, 2.75) is 26.2 Å². The number of rotatable bonds is 1. The third-order valence-electron chi connectivity index (χ3n) is 2.26. The summed E-state index contributed by atoms with van der Waals surface area (Å²) in [6, 6.07) is 2.20. The van der Waals surface area contributed by atoms with E-state index < -0.39 is 0 Å². The van der Waals surface area contributed by atoms with Crippen LogP contribution in [0.3, 0.4) is 0 Å². The molecule has 1 aliphatic carbocycles. The lowest BCUT2D eigenvalue weighted by molar-refractivity contribution is 0.819. The molecule has 0 radical (unpaired) electrons. The van der Waals surface area contributed by atoms with Gasteiger partial charge in [-0.2, -0.15) is 0 Å². The van der Waals surface area contributed by atoms with Gasteiger partial charge < -0.3 is 0 Å². The molecular weight excluding hydrogens is 146 g/mol. The van der Waals surface area contributed by atoms with Crippen LogP contribution in [0, 0.1) is 0 Å². The van der Waals surface area contributed by atoms with Crippen molar-refractivity contribution in [3.05, 3.63) is 28.4 Å². The number of hydrogen-bond acceptors (Lipinski definition) is 1. The van der Waals surface area contributed by atoms with E-state index in [1.54, 1.807) is 0 Å². The van der Waals surface area contributed by atoms with Crippen LogP contribution in [0.4, 0.5) is 0 Å². The standard InChI is InChI=1S/C11H13N/c1-8(2)11-6-9-4-3-5-10(9)7-12-11/h4-8H,3H2,1-2H3. The molecule has 0 unspecified atom stereocenters. The first-order chi connectivity index (χ1) is 5.77. The van der Waals surface area contributed by atoms with Crippen LogP contribution < -0.4 is 10.4 Å². The monoisotopic (exact) mass is 159 g/mol. The van der Waals surface area contributed by atoms with Crippen LogP contribution in [-0.2, 0) is 0 Å². The molecule has 0 atom stereocenters. The van der Waals surface area contributed by atoms with E-state index in [0.717, 1.165) is 6.42 Å². The summed E-state index contributed by atoms with van der Waals surface area (Å²) in [5, 5.41) is 2.65. The van der Waals surface area contributed by atoms with Crippen molar-refractivity contribution >= 4 is 12.2 Å². The molecule has 1 aromatic rings. The summed E-state index contributed by atoms with van der Waals surface area (Å²) in [5.41, 5.74) is 1.19. The molecule has 1 aliphatic rings. The van der Waals surface area contributed by atoms with Gasteiger partial charge in [-0.3, -0.25) is 4.98 Å². The molecule has 2 rings (SSSR count). The molecule has 0 fully saturated rings. The average molecular weight is 159 g/mol. The SMILES string of the molecule is CC(C)c1cc2c(cn1)=CCC=2. The smallest absolute Gasteiger partial charge is 0.0435 e. The van der Waals surface area contributed by atoms with E-state index in [1.807, 2.05) is 6.20 Å². The first-order valence-electron chi connectivity index (χ1n) is 4.44. The van der Waals surface area contributed by atoms with Gasteiger partial charge in [-0.1, -0.05) is 26.0 Å². The minimum Gasteiger partial charge on any atom is -0.260 e. The number of hydrogen-bond donors (Lipinski definition) is 0. The summed E-state index contributed by atoms with van der Waals surface area (Å²) in [5.74, 6) is 0.532. The van der Waals surface area contributed by atoms with Crippen molar-refractivity contribution < 1.29 is 0 Å². The zero-order chi connectivity index (χ0) is 8.55. The highest BCUT2D eigenvalue weighted by atomic mass is 14.7. The summed E-state index contributed by atoms with van der Waals surface area (Å²) in [6.45, 7) is 4.35. The molecule has 0 aromatic carbocycles. The van der Waals surface area contributed by atoms with Gasteiger partial charge in [0.1, 0.15) is 0 Å². The number of nitrogens with zero attached hydrogens (tertiary/aromatic N) is 1. The van der Waals surface area contributed by atoms with Crippen molar-refractivity contribution in [3.63, 3.8) is 0 Å². The summed E-state index contributed by atoms with van der Waals surface area (Å²) < 4.78 is 0. The Labute approximate surface area is 72.5 Å². The van der Waals surface area contributed by atoms with Gasteiger partial charge in [0.25, 0.3) is 0 Å². The van der Waals surface area contributed by atoms with Crippen LogP contribution >= 0.6 is 0 Å². The summed E-state index contributed by atoms with van der Waals surface area (Å²) in [6.07, 6.45) is 7.52. The number of aromatic nitrogens is 1. The van der Waals surface area contributed by atoms with E-state index in [-0.39, 0.29) is 0 Å². The second kappa shape index (κ2) is 2.74. The third kappa shape index (κ3) is 1.15. The second-order valence-electron chi connectivity index (χ2n) is 3.54. The minimum absolute atomic E-state index is 0.532. The van der Waals surface area contributed by atoms with Gasteiger partial charge in [0.15, 0.2) is 0 Å². The zero-order valence-corrected chi connectivity index (χ0v) is 7.54. The number of pyridine rings is 1. The normalized spacial score (nSPS) is 13.9. The Balaban J connectivity index is 2.62. The van der Waals surface area contributed by atoms with Crippen molar-refractivity contribution in [1.82, 2.24) is 4.98 Å². The Morgan fingerprint density at radius 3 is 2.75 bits per heavy atom. The third-order valence-corrected chi connectivity index (χ3v) is 2.26. The van der Waals surface area contributed by atoms with Crippen LogP contribution in [-0.4, -0.2) is 4.98 Å². The molecule has 0 amide bonds. The fraction of sp³-hybridized carbons (Fsp3) is 0.364. The maximum atomic E-state index is 4.40. The minimum atomic E-state index is 0.532. The van der Waals surface area contributed by atoms with E-state index in [4.69, 9.17) is 0 Å². The topological polar surface area (TPSA) is 12.9 Å². The van der Waals surface area contributed by atoms with Gasteiger partial charge in [-0.05, 0) is 28.8 Å². The van der Waals surface area contributed by atoms with E-state index >= 15 is 0 Å². The van der Waals surface area contributed by atoms with Crippen LogP contribution in [0.1, 0.15) is 31.9 Å². The van der Waals surface area contributed by atoms with Crippen molar-refractivity contribution in [3.8, 4) is 0 Å². The molecule has 62 valence electrons. The maximum absolute atomic E-state index is 4.40. The van der Waals surface area contributed by atoms with Crippen LogP contribution in [0.25, 0.3) is 12.2 Å². The fourth-order valence-corrected chi connectivity index (χ4v) is 1.47. The van der Waals surface area contributed by atoms with E-state index in [9.17, 15) is 0 Å². The molecule has 0 saturated heterocycles. The van der Waals surface area contributed by atoms with Gasteiger partial charge in [-0.15, -0.1) is 0 Å². The Morgan fingerprint density at radius 1 is 1.25 bits per heavy atom. The molecule has 1 nitrogen and oxygen atoms in total. The maximum Gasteiger partial charge on any atom is 0.0435 e. The van der Waals surface area contributed by atoms with Crippen LogP contribution in [0.5, 0.6) is 0 Å². The van der Waals surface area contributed by atoms with Crippen LogP contribution in [0.2, 0.25) is 0 Å². The number of fused-ring (bicyclic) bond motifs is 1. The Kier molecular flexibility index (Phi) is 1.72. The molecule has 12 heavy (non-hydrogen) atoms. The summed E-state index contributed by atoms with van der Waals surface area (Å²) in [7, 11) is 0. The molecule has 1 heterocycles. The Hall–Kier alpha value is -1.11. The van der Waals surface area contributed by atoms with E-state index in [1.165, 1.54) is 16.1 Å². The predicted octanol–water partition coefficient (Wildman–Crippen LogP) is 1.17. The van der Waals surface area contributed by atoms with Crippen molar-refractivity contribution in [2.75, 3.05) is 0 Å². The van der Waals surface area contributed by atoms with Gasteiger partial charge in [0.2, 0.25) is 0 Å². The van der Waals surface area contributed by atoms with Crippen LogP contribution in [0.15, 0.2) is 12.3 Å². The predicted molar refractivity (Wildman–Crippen MR) is 51.1 cm³/mol. The molecule has 0 saturated carbocycles. The largest absolute Gasteiger partial charge is 0.260 e. The first kappa shape index (κ1) is 7.53. The molecular formula is C11H13N. The van der Waals surface area contributed by atoms with Gasteiger partial charge >= 0.3 is 0 Å². The molecule has 0 aliphatic heterocycles. The Morgan fingerprint density at radius 2 is 2.00 bits per heavy atom. The van der Waals surface area contributed by atoms with Crippen molar-refractivity contribution in [1.29, 1.82) is 0 Å². The van der Waals surface area contributed by atoms with Gasteiger partial charge in [-0.25, -0.2) is 0 Å². The zero-order valence-electron chi connectivity index (χ0n) is 7.54. The lowest BCUT2D eigenvalue weighted by Gasteiger charge is -2.01. The molecule has 0 spiro atoms. The fourth-order valence-electron chi connectivity index (χ4n) is 1.47. The first-order valence-corrected chi connectivity index (χ1v) is 4.44. The molecule has 1 aromatic heterocycles. The second-order valence-corrected chi connectivity index (χ2v) is 3.54. The van der Waals surface area contributed by atoms with Gasteiger partial charge in [0, 0.05) is 11.9 Å². The highest BCUT2D eigenvalue weighted by Crippen LogP contribution is 2.06. The lowest BCUT2D eigenvalue weighted by atomic mass is 10.1. The molecule has 0 N–H and O–H groups in total. The van der Waals surface area contributed by atoms with E-state index in [2.05, 4.69) is 37.0 Å². The quantitative estimate of drug-likeness (QED) is 0.599. The van der Waals surface area contributed by atoms with Gasteiger partial charge in [0.05, 0.1) is 0 Å².